The average molecular weight is 455 g/mol. The maximum absolute atomic E-state index is 9.36. The smallest absolute Gasteiger partial charge is 0.0991 e. The van der Waals surface area contributed by atoms with Gasteiger partial charge in [0.2, 0.25) is 0 Å². The molecular formula is C28H34N6. The molecule has 0 bridgehead atoms. The van der Waals surface area contributed by atoms with Gasteiger partial charge >= 0.3 is 0 Å². The van der Waals surface area contributed by atoms with Crippen LogP contribution in [-0.4, -0.2) is 48.9 Å². The summed E-state index contributed by atoms with van der Waals surface area (Å²) in [5.74, 6) is 0. The van der Waals surface area contributed by atoms with Crippen molar-refractivity contribution in [1.29, 1.82) is 10.7 Å². The normalized spacial score (nSPS) is 24.1. The van der Waals surface area contributed by atoms with Crippen LogP contribution in [0.15, 0.2) is 42.5 Å². The summed E-state index contributed by atoms with van der Waals surface area (Å²) in [5.41, 5.74) is 13.3. The molecule has 34 heavy (non-hydrogen) atoms. The number of fused-ring (bicyclic) bond motifs is 3. The summed E-state index contributed by atoms with van der Waals surface area (Å²) in [6, 6.07) is 15.9. The molecule has 0 saturated carbocycles. The molecule has 3 N–H and O–H groups in total. The van der Waals surface area contributed by atoms with Crippen molar-refractivity contribution in [3.63, 3.8) is 0 Å². The van der Waals surface area contributed by atoms with E-state index in [9.17, 15) is 5.26 Å². The number of hydrogen-bond acceptors (Lipinski definition) is 6. The lowest BCUT2D eigenvalue weighted by molar-refractivity contribution is 0.134. The van der Waals surface area contributed by atoms with Crippen LogP contribution in [0.2, 0.25) is 0 Å². The molecule has 0 amide bonds. The van der Waals surface area contributed by atoms with Gasteiger partial charge < -0.3 is 20.9 Å². The summed E-state index contributed by atoms with van der Waals surface area (Å²) >= 11 is 0. The molecule has 2 atom stereocenters. The van der Waals surface area contributed by atoms with Crippen molar-refractivity contribution in [1.82, 2.24) is 4.90 Å². The van der Waals surface area contributed by atoms with E-state index in [0.29, 0.717) is 17.6 Å². The number of nitriles is 1. The van der Waals surface area contributed by atoms with E-state index >= 15 is 0 Å². The predicted octanol–water partition coefficient (Wildman–Crippen LogP) is 4.30. The highest BCUT2D eigenvalue weighted by molar-refractivity contribution is 5.80. The number of piperazine rings is 1. The molecule has 176 valence electrons. The van der Waals surface area contributed by atoms with Gasteiger partial charge in [0.05, 0.1) is 17.7 Å². The SMILES string of the molecule is C[C@@H]1CN(c2ccc(C#N)cc2/C=C\C=N)C[C@@H]2c3ccc(N4CCC(C)(N)CC4)cc3CN12. The lowest BCUT2D eigenvalue weighted by atomic mass is 9.90. The fourth-order valence-electron chi connectivity index (χ4n) is 5.78. The lowest BCUT2D eigenvalue weighted by Crippen LogP contribution is -2.51. The Bertz CT molecular complexity index is 1150. The first kappa shape index (κ1) is 22.6. The van der Waals surface area contributed by atoms with Gasteiger partial charge in [0.25, 0.3) is 0 Å². The van der Waals surface area contributed by atoms with E-state index in [1.807, 2.05) is 18.2 Å². The first-order chi connectivity index (χ1) is 16.4. The molecule has 2 fully saturated rings. The zero-order valence-electron chi connectivity index (χ0n) is 20.2. The molecule has 0 radical (unpaired) electrons. The van der Waals surface area contributed by atoms with Crippen LogP contribution in [0.5, 0.6) is 0 Å². The Morgan fingerprint density at radius 3 is 2.65 bits per heavy atom. The molecule has 0 unspecified atom stereocenters. The van der Waals surface area contributed by atoms with Crippen molar-refractivity contribution >= 4 is 23.7 Å². The van der Waals surface area contributed by atoms with Crippen LogP contribution in [0.3, 0.4) is 0 Å². The number of rotatable bonds is 4. The maximum atomic E-state index is 9.36. The summed E-state index contributed by atoms with van der Waals surface area (Å²) in [6.07, 6.45) is 7.00. The Morgan fingerprint density at radius 1 is 1.12 bits per heavy atom. The highest BCUT2D eigenvalue weighted by Gasteiger charge is 2.39. The fraction of sp³-hybridized carbons (Fsp3) is 0.429. The molecule has 2 saturated heterocycles. The molecule has 3 aliphatic rings. The van der Waals surface area contributed by atoms with Gasteiger partial charge in [-0.25, -0.2) is 0 Å². The van der Waals surface area contributed by atoms with Crippen molar-refractivity contribution in [3.8, 4) is 6.07 Å². The van der Waals surface area contributed by atoms with Gasteiger partial charge in [0, 0.05) is 61.9 Å². The van der Waals surface area contributed by atoms with Gasteiger partial charge in [-0.15, -0.1) is 0 Å². The van der Waals surface area contributed by atoms with Crippen LogP contribution >= 0.6 is 0 Å². The molecule has 6 nitrogen and oxygen atoms in total. The van der Waals surface area contributed by atoms with Crippen molar-refractivity contribution in [2.45, 2.75) is 50.9 Å². The summed E-state index contributed by atoms with van der Waals surface area (Å²) in [7, 11) is 0. The quantitative estimate of drug-likeness (QED) is 0.673. The van der Waals surface area contributed by atoms with E-state index in [2.05, 4.69) is 58.9 Å². The third-order valence-corrected chi connectivity index (χ3v) is 7.82. The highest BCUT2D eigenvalue weighted by atomic mass is 15.3. The van der Waals surface area contributed by atoms with E-state index in [0.717, 1.165) is 56.8 Å². The first-order valence-corrected chi connectivity index (χ1v) is 12.3. The first-order valence-electron chi connectivity index (χ1n) is 12.3. The van der Waals surface area contributed by atoms with E-state index in [1.54, 1.807) is 6.08 Å². The Balaban J connectivity index is 1.40. The Kier molecular flexibility index (Phi) is 5.93. The van der Waals surface area contributed by atoms with Crippen molar-refractivity contribution in [2.75, 3.05) is 36.0 Å². The number of nitrogens with one attached hydrogen (secondary N) is 1. The van der Waals surface area contributed by atoms with Crippen molar-refractivity contribution in [2.24, 2.45) is 5.73 Å². The zero-order valence-corrected chi connectivity index (χ0v) is 20.2. The topological polar surface area (TPSA) is 83.4 Å². The molecular weight excluding hydrogens is 420 g/mol. The zero-order chi connectivity index (χ0) is 23.9. The van der Waals surface area contributed by atoms with E-state index in [1.165, 1.54) is 23.0 Å². The van der Waals surface area contributed by atoms with Crippen LogP contribution in [0.4, 0.5) is 11.4 Å². The molecule has 3 aliphatic heterocycles. The Labute approximate surface area is 202 Å². The molecule has 0 aromatic heterocycles. The summed E-state index contributed by atoms with van der Waals surface area (Å²) in [5, 5.41) is 16.7. The van der Waals surface area contributed by atoms with Gasteiger partial charge in [0.1, 0.15) is 0 Å². The molecule has 3 heterocycles. The van der Waals surface area contributed by atoms with Crippen molar-refractivity contribution in [3.05, 3.63) is 64.7 Å². The monoisotopic (exact) mass is 454 g/mol. The molecule has 2 aromatic rings. The molecule has 6 heteroatoms. The molecule has 0 spiro atoms. The summed E-state index contributed by atoms with van der Waals surface area (Å²) in [4.78, 5) is 7.57. The standard InChI is InChI=1S/C28H34N6/c1-20-17-33(26-8-5-21(16-30)14-22(26)4-3-11-29)19-27-25-7-6-24(15-23(25)18-34(20)27)32-12-9-28(2,31)10-13-32/h3-8,11,14-15,20,27,29H,9-10,12-13,17-19,31H2,1-2H3/b4-3-,29-11?/t20-,27-/m1/s1. The number of nitrogens with zero attached hydrogens (tertiary/aromatic N) is 4. The second kappa shape index (κ2) is 8.90. The van der Waals surface area contributed by atoms with Crippen LogP contribution in [0.25, 0.3) is 6.08 Å². The summed E-state index contributed by atoms with van der Waals surface area (Å²) in [6.45, 7) is 9.38. The van der Waals surface area contributed by atoms with Gasteiger partial charge in [-0.05, 0) is 79.8 Å². The van der Waals surface area contributed by atoms with Gasteiger partial charge in [-0.2, -0.15) is 5.26 Å². The average Bonchev–Trinajstić information content (AvgIpc) is 3.21. The molecule has 2 aromatic carbocycles. The van der Waals surface area contributed by atoms with E-state index < -0.39 is 0 Å². The lowest BCUT2D eigenvalue weighted by Gasteiger charge is -2.44. The predicted molar refractivity (Wildman–Crippen MR) is 139 cm³/mol. The highest BCUT2D eigenvalue weighted by Crippen LogP contribution is 2.42. The van der Waals surface area contributed by atoms with Crippen LogP contribution < -0.4 is 15.5 Å². The minimum Gasteiger partial charge on any atom is -0.371 e. The number of piperidine rings is 1. The Hall–Kier alpha value is -3.14. The minimum atomic E-state index is -0.0368. The Morgan fingerprint density at radius 2 is 1.91 bits per heavy atom. The number of benzene rings is 2. The number of nitrogens with two attached hydrogens (primary N) is 1. The minimum absolute atomic E-state index is 0.0368. The van der Waals surface area contributed by atoms with Crippen LogP contribution in [-0.2, 0) is 6.54 Å². The second-order valence-corrected chi connectivity index (χ2v) is 10.4. The molecule has 5 rings (SSSR count). The van der Waals surface area contributed by atoms with Gasteiger partial charge in [-0.3, -0.25) is 4.90 Å². The molecule has 0 aliphatic carbocycles. The maximum Gasteiger partial charge on any atom is 0.0991 e. The number of anilines is 2. The fourth-order valence-corrected chi connectivity index (χ4v) is 5.78. The van der Waals surface area contributed by atoms with Crippen molar-refractivity contribution < 1.29 is 0 Å². The summed E-state index contributed by atoms with van der Waals surface area (Å²) < 4.78 is 0. The second-order valence-electron chi connectivity index (χ2n) is 10.4. The van der Waals surface area contributed by atoms with E-state index in [4.69, 9.17) is 11.1 Å². The van der Waals surface area contributed by atoms with Crippen LogP contribution in [0, 0.1) is 16.7 Å². The third-order valence-electron chi connectivity index (χ3n) is 7.82. The number of allylic oxidation sites excluding steroid dienone is 1. The van der Waals surface area contributed by atoms with Gasteiger partial charge in [0.15, 0.2) is 0 Å². The van der Waals surface area contributed by atoms with Gasteiger partial charge in [-0.1, -0.05) is 12.1 Å². The third kappa shape index (κ3) is 4.22. The number of hydrogen-bond donors (Lipinski definition) is 2. The van der Waals surface area contributed by atoms with Crippen LogP contribution in [0.1, 0.15) is 55.0 Å². The van der Waals surface area contributed by atoms with E-state index in [-0.39, 0.29) is 5.54 Å². The largest absolute Gasteiger partial charge is 0.371 e.